The number of likely N-dealkylation sites (tertiary alicyclic amines) is 1. The molecule has 142 valence electrons. The van der Waals surface area contributed by atoms with Gasteiger partial charge >= 0.3 is 0 Å². The number of hydrogen-bond acceptors (Lipinski definition) is 3. The van der Waals surface area contributed by atoms with Crippen LogP contribution in [0.4, 0.5) is 0 Å². The van der Waals surface area contributed by atoms with Crippen LogP contribution in [0.2, 0.25) is 0 Å². The minimum absolute atomic E-state index is 0.0638. The summed E-state index contributed by atoms with van der Waals surface area (Å²) in [6.45, 7) is 7.75. The molecule has 0 unspecified atom stereocenters. The fourth-order valence-corrected chi connectivity index (χ4v) is 3.91. The number of carbonyl (C=O) groups excluding carboxylic acids is 1. The van der Waals surface area contributed by atoms with Gasteiger partial charge in [-0.15, -0.1) is 0 Å². The largest absolute Gasteiger partial charge is 0.342 e. The molecule has 3 aromatic rings. The molecule has 1 amide bonds. The third kappa shape index (κ3) is 3.24. The van der Waals surface area contributed by atoms with Crippen LogP contribution in [0.5, 0.6) is 0 Å². The van der Waals surface area contributed by atoms with E-state index in [2.05, 4.69) is 43.0 Å². The second-order valence-corrected chi connectivity index (χ2v) is 7.92. The molecule has 1 atom stereocenters. The molecule has 3 heterocycles. The fraction of sp³-hybridized carbons (Fsp3) is 0.476. The van der Waals surface area contributed by atoms with Crippen molar-refractivity contribution in [2.45, 2.75) is 45.4 Å². The predicted molar refractivity (Wildman–Crippen MR) is 106 cm³/mol. The van der Waals surface area contributed by atoms with E-state index in [0.29, 0.717) is 18.2 Å². The van der Waals surface area contributed by atoms with Crippen LogP contribution in [-0.2, 0) is 7.05 Å². The fourth-order valence-electron chi connectivity index (χ4n) is 3.91. The van der Waals surface area contributed by atoms with Crippen molar-refractivity contribution in [2.75, 3.05) is 13.1 Å². The van der Waals surface area contributed by atoms with E-state index >= 15 is 0 Å². The Kier molecular flexibility index (Phi) is 4.50. The molecule has 0 bridgehead atoms. The molecule has 1 saturated heterocycles. The highest BCUT2D eigenvalue weighted by molar-refractivity contribution is 5.93. The van der Waals surface area contributed by atoms with Crippen molar-refractivity contribution in [1.29, 1.82) is 0 Å². The molecule has 6 nitrogen and oxygen atoms in total. The first-order valence-corrected chi connectivity index (χ1v) is 9.72. The lowest BCUT2D eigenvalue weighted by Crippen LogP contribution is -2.40. The second-order valence-electron chi connectivity index (χ2n) is 7.92. The van der Waals surface area contributed by atoms with Crippen molar-refractivity contribution in [2.24, 2.45) is 7.05 Å². The molecule has 1 aromatic carbocycles. The van der Waals surface area contributed by atoms with Gasteiger partial charge in [0.15, 0.2) is 0 Å². The van der Waals surface area contributed by atoms with Crippen LogP contribution in [0.1, 0.15) is 66.1 Å². The molecule has 4 rings (SSSR count). The van der Waals surface area contributed by atoms with Crippen LogP contribution in [0.25, 0.3) is 11.0 Å². The SMILES string of the molecule is Cc1cccc2[nH]c([C@H]3CCCN(C(=O)c4cc(C(C)C)nn4C)C3)nc12. The number of para-hydroxylation sites is 1. The van der Waals surface area contributed by atoms with Gasteiger partial charge in [-0.05, 0) is 43.4 Å². The van der Waals surface area contributed by atoms with E-state index in [1.807, 2.05) is 24.1 Å². The van der Waals surface area contributed by atoms with Gasteiger partial charge in [0.2, 0.25) is 0 Å². The van der Waals surface area contributed by atoms with Gasteiger partial charge in [0.05, 0.1) is 16.7 Å². The second kappa shape index (κ2) is 6.83. The van der Waals surface area contributed by atoms with Crippen LogP contribution in [0, 0.1) is 6.92 Å². The number of aryl methyl sites for hydroxylation is 2. The summed E-state index contributed by atoms with van der Waals surface area (Å²) in [6, 6.07) is 8.12. The van der Waals surface area contributed by atoms with Gasteiger partial charge in [-0.25, -0.2) is 4.98 Å². The predicted octanol–water partition coefficient (Wildman–Crippen LogP) is 3.75. The number of carbonyl (C=O) groups is 1. The maximum absolute atomic E-state index is 13.1. The Morgan fingerprint density at radius 1 is 1.33 bits per heavy atom. The average molecular weight is 365 g/mol. The molecule has 0 spiro atoms. The summed E-state index contributed by atoms with van der Waals surface area (Å²) in [5.74, 6) is 1.61. The van der Waals surface area contributed by atoms with E-state index in [9.17, 15) is 4.79 Å². The monoisotopic (exact) mass is 365 g/mol. The molecule has 1 aliphatic heterocycles. The average Bonchev–Trinajstić information content (AvgIpc) is 3.26. The Hall–Kier alpha value is -2.63. The third-order valence-electron chi connectivity index (χ3n) is 5.54. The molecular formula is C21H27N5O. The zero-order valence-corrected chi connectivity index (χ0v) is 16.5. The Labute approximate surface area is 159 Å². The van der Waals surface area contributed by atoms with Crippen molar-refractivity contribution < 1.29 is 4.79 Å². The number of rotatable bonds is 3. The normalized spacial score (nSPS) is 17.8. The summed E-state index contributed by atoms with van der Waals surface area (Å²) in [6.07, 6.45) is 2.03. The summed E-state index contributed by atoms with van der Waals surface area (Å²) in [7, 11) is 1.85. The highest BCUT2D eigenvalue weighted by Gasteiger charge is 2.29. The van der Waals surface area contributed by atoms with Crippen molar-refractivity contribution >= 4 is 16.9 Å². The lowest BCUT2D eigenvalue weighted by Gasteiger charge is -2.31. The number of piperidine rings is 1. The molecular weight excluding hydrogens is 338 g/mol. The number of nitrogens with one attached hydrogen (secondary N) is 1. The van der Waals surface area contributed by atoms with Gasteiger partial charge < -0.3 is 9.88 Å². The first kappa shape index (κ1) is 17.8. The van der Waals surface area contributed by atoms with Crippen molar-refractivity contribution in [3.8, 4) is 0 Å². The number of aromatic amines is 1. The van der Waals surface area contributed by atoms with Crippen LogP contribution in [0.3, 0.4) is 0 Å². The van der Waals surface area contributed by atoms with Gasteiger partial charge in [-0.3, -0.25) is 9.48 Å². The first-order valence-electron chi connectivity index (χ1n) is 9.72. The lowest BCUT2D eigenvalue weighted by molar-refractivity contribution is 0.0693. The molecule has 1 N–H and O–H groups in total. The minimum atomic E-state index is 0.0638. The van der Waals surface area contributed by atoms with E-state index in [1.54, 1.807) is 4.68 Å². The molecule has 1 aliphatic rings. The molecule has 0 saturated carbocycles. The Morgan fingerprint density at radius 3 is 2.85 bits per heavy atom. The quantitative estimate of drug-likeness (QED) is 0.769. The number of aromatic nitrogens is 4. The highest BCUT2D eigenvalue weighted by Crippen LogP contribution is 2.28. The Morgan fingerprint density at radius 2 is 2.15 bits per heavy atom. The first-order chi connectivity index (χ1) is 12.9. The van der Waals surface area contributed by atoms with Crippen molar-refractivity contribution in [1.82, 2.24) is 24.6 Å². The van der Waals surface area contributed by atoms with Gasteiger partial charge in [0, 0.05) is 26.1 Å². The molecule has 6 heteroatoms. The molecule has 0 aliphatic carbocycles. The highest BCUT2D eigenvalue weighted by atomic mass is 16.2. The summed E-state index contributed by atoms with van der Waals surface area (Å²) in [5.41, 5.74) is 4.91. The molecule has 27 heavy (non-hydrogen) atoms. The summed E-state index contributed by atoms with van der Waals surface area (Å²) < 4.78 is 1.71. The number of H-pyrrole nitrogens is 1. The van der Waals surface area contributed by atoms with Crippen LogP contribution >= 0.6 is 0 Å². The number of amides is 1. The summed E-state index contributed by atoms with van der Waals surface area (Å²) >= 11 is 0. The van der Waals surface area contributed by atoms with Gasteiger partial charge in [-0.2, -0.15) is 5.10 Å². The van der Waals surface area contributed by atoms with Gasteiger partial charge in [0.25, 0.3) is 5.91 Å². The lowest BCUT2D eigenvalue weighted by atomic mass is 9.97. The summed E-state index contributed by atoms with van der Waals surface area (Å²) in [4.78, 5) is 23.4. The number of nitrogens with zero attached hydrogens (tertiary/aromatic N) is 4. The molecule has 1 fully saturated rings. The standard InChI is InChI=1S/C21H27N5O/c1-13(2)17-11-18(25(4)24-17)21(27)26-10-6-8-15(12-26)20-22-16-9-5-7-14(3)19(16)23-20/h5,7,9,11,13,15H,6,8,10,12H2,1-4H3,(H,22,23)/t15-/m0/s1. The zero-order chi connectivity index (χ0) is 19.1. The van der Waals surface area contributed by atoms with E-state index in [1.165, 1.54) is 5.56 Å². The number of imidazole rings is 1. The number of hydrogen-bond donors (Lipinski definition) is 1. The number of fused-ring (bicyclic) bond motifs is 1. The zero-order valence-electron chi connectivity index (χ0n) is 16.5. The minimum Gasteiger partial charge on any atom is -0.342 e. The Bertz CT molecular complexity index is 984. The summed E-state index contributed by atoms with van der Waals surface area (Å²) in [5, 5.41) is 4.49. The molecule has 2 aromatic heterocycles. The van der Waals surface area contributed by atoms with E-state index in [-0.39, 0.29) is 11.8 Å². The van der Waals surface area contributed by atoms with Crippen LogP contribution < -0.4 is 0 Å². The number of benzene rings is 1. The van der Waals surface area contributed by atoms with Gasteiger partial charge in [0.1, 0.15) is 11.5 Å². The Balaban J connectivity index is 1.57. The van der Waals surface area contributed by atoms with Crippen LogP contribution in [0.15, 0.2) is 24.3 Å². The van der Waals surface area contributed by atoms with E-state index in [4.69, 9.17) is 4.98 Å². The maximum atomic E-state index is 13.1. The van der Waals surface area contributed by atoms with Crippen molar-refractivity contribution in [3.63, 3.8) is 0 Å². The van der Waals surface area contributed by atoms with Crippen LogP contribution in [-0.4, -0.2) is 43.6 Å². The third-order valence-corrected chi connectivity index (χ3v) is 5.54. The van der Waals surface area contributed by atoms with E-state index < -0.39 is 0 Å². The van der Waals surface area contributed by atoms with Crippen molar-refractivity contribution in [3.05, 3.63) is 47.0 Å². The smallest absolute Gasteiger partial charge is 0.272 e. The molecule has 0 radical (unpaired) electrons. The van der Waals surface area contributed by atoms with E-state index in [0.717, 1.165) is 41.9 Å². The van der Waals surface area contributed by atoms with Gasteiger partial charge in [-0.1, -0.05) is 26.0 Å². The topological polar surface area (TPSA) is 66.8 Å². The maximum Gasteiger partial charge on any atom is 0.272 e.